The lowest BCUT2D eigenvalue weighted by Gasteiger charge is -2.15. The monoisotopic (exact) mass is 299 g/mol. The molecule has 0 radical (unpaired) electrons. The van der Waals surface area contributed by atoms with Gasteiger partial charge in [-0.15, -0.1) is 11.8 Å². The van der Waals surface area contributed by atoms with Gasteiger partial charge in [-0.25, -0.2) is 0 Å². The van der Waals surface area contributed by atoms with E-state index in [4.69, 9.17) is 5.73 Å². The van der Waals surface area contributed by atoms with Crippen LogP contribution in [0.4, 0.5) is 0 Å². The SMILES string of the molecule is CCSc1ccc(C(N)c2cccc(CC(C)C)c2)cc1. The molecule has 0 aromatic heterocycles. The summed E-state index contributed by atoms with van der Waals surface area (Å²) >= 11 is 1.86. The molecule has 0 heterocycles. The van der Waals surface area contributed by atoms with Gasteiger partial charge in [-0.3, -0.25) is 0 Å². The maximum absolute atomic E-state index is 6.43. The number of rotatable bonds is 6. The number of thioether (sulfide) groups is 1. The molecule has 1 unspecified atom stereocenters. The Hall–Kier alpha value is -1.25. The Balaban J connectivity index is 2.16. The molecular formula is C19H25NS. The normalized spacial score (nSPS) is 12.6. The van der Waals surface area contributed by atoms with Crippen LogP contribution >= 0.6 is 11.8 Å². The molecule has 2 heteroatoms. The molecule has 0 bridgehead atoms. The Labute approximate surface area is 133 Å². The van der Waals surface area contributed by atoms with Crippen molar-refractivity contribution >= 4 is 11.8 Å². The topological polar surface area (TPSA) is 26.0 Å². The highest BCUT2D eigenvalue weighted by Gasteiger charge is 2.10. The molecule has 2 rings (SSSR count). The van der Waals surface area contributed by atoms with Crippen LogP contribution in [0.2, 0.25) is 0 Å². The molecule has 0 saturated carbocycles. The van der Waals surface area contributed by atoms with Crippen LogP contribution < -0.4 is 5.73 Å². The smallest absolute Gasteiger partial charge is 0.0551 e. The van der Waals surface area contributed by atoms with Crippen LogP contribution in [0.15, 0.2) is 53.4 Å². The van der Waals surface area contributed by atoms with E-state index in [1.807, 2.05) is 11.8 Å². The molecule has 0 aliphatic carbocycles. The molecule has 0 fully saturated rings. The highest BCUT2D eigenvalue weighted by Crippen LogP contribution is 2.24. The molecule has 2 N–H and O–H groups in total. The molecule has 0 aliphatic rings. The van der Waals surface area contributed by atoms with E-state index in [-0.39, 0.29) is 6.04 Å². The third-order valence-corrected chi connectivity index (χ3v) is 4.40. The largest absolute Gasteiger partial charge is 0.320 e. The van der Waals surface area contributed by atoms with Crippen LogP contribution in [0.3, 0.4) is 0 Å². The first-order valence-electron chi connectivity index (χ1n) is 7.67. The molecule has 2 aromatic rings. The van der Waals surface area contributed by atoms with Crippen molar-refractivity contribution in [2.75, 3.05) is 5.75 Å². The van der Waals surface area contributed by atoms with Gasteiger partial charge >= 0.3 is 0 Å². The maximum atomic E-state index is 6.43. The first-order valence-corrected chi connectivity index (χ1v) is 8.66. The maximum Gasteiger partial charge on any atom is 0.0551 e. The summed E-state index contributed by atoms with van der Waals surface area (Å²) in [6, 6.07) is 17.3. The van der Waals surface area contributed by atoms with Crippen LogP contribution in [-0.2, 0) is 6.42 Å². The molecular weight excluding hydrogens is 274 g/mol. The zero-order chi connectivity index (χ0) is 15.2. The zero-order valence-corrected chi connectivity index (χ0v) is 14.0. The second-order valence-electron chi connectivity index (χ2n) is 5.82. The summed E-state index contributed by atoms with van der Waals surface area (Å²) < 4.78 is 0. The second kappa shape index (κ2) is 7.67. The molecule has 21 heavy (non-hydrogen) atoms. The van der Waals surface area contributed by atoms with E-state index in [2.05, 4.69) is 69.3 Å². The van der Waals surface area contributed by atoms with Crippen LogP contribution in [-0.4, -0.2) is 5.75 Å². The Morgan fingerprint density at radius 1 is 1.00 bits per heavy atom. The van der Waals surface area contributed by atoms with Gasteiger partial charge < -0.3 is 5.73 Å². The van der Waals surface area contributed by atoms with Crippen molar-refractivity contribution in [1.82, 2.24) is 0 Å². The Bertz CT molecular complexity index is 560. The van der Waals surface area contributed by atoms with Gasteiger partial charge in [-0.1, -0.05) is 57.2 Å². The van der Waals surface area contributed by atoms with E-state index in [9.17, 15) is 0 Å². The summed E-state index contributed by atoms with van der Waals surface area (Å²) in [5.74, 6) is 1.77. The zero-order valence-electron chi connectivity index (χ0n) is 13.2. The van der Waals surface area contributed by atoms with Crippen LogP contribution in [0.25, 0.3) is 0 Å². The molecule has 0 aliphatic heterocycles. The standard InChI is InChI=1S/C19H25NS/c1-4-21-18-10-8-16(9-11-18)19(20)17-7-5-6-15(13-17)12-14(2)3/h5-11,13-14,19H,4,12,20H2,1-3H3. The van der Waals surface area contributed by atoms with E-state index in [0.717, 1.165) is 12.2 Å². The van der Waals surface area contributed by atoms with Gasteiger partial charge in [0.05, 0.1) is 6.04 Å². The average molecular weight is 299 g/mol. The first kappa shape index (κ1) is 16.1. The number of hydrogen-bond donors (Lipinski definition) is 1. The van der Waals surface area contributed by atoms with E-state index < -0.39 is 0 Å². The summed E-state index contributed by atoms with van der Waals surface area (Å²) in [4.78, 5) is 1.31. The van der Waals surface area contributed by atoms with Gasteiger partial charge in [0.15, 0.2) is 0 Å². The quantitative estimate of drug-likeness (QED) is 0.756. The predicted octanol–water partition coefficient (Wildman–Crippen LogP) is 5.05. The Kier molecular flexibility index (Phi) is 5.89. The fraction of sp³-hybridized carbons (Fsp3) is 0.368. The third-order valence-electron chi connectivity index (χ3n) is 3.50. The number of hydrogen-bond acceptors (Lipinski definition) is 2. The molecule has 112 valence electrons. The predicted molar refractivity (Wildman–Crippen MR) is 93.9 cm³/mol. The summed E-state index contributed by atoms with van der Waals surface area (Å²) in [5.41, 5.74) is 10.2. The minimum atomic E-state index is -0.0437. The van der Waals surface area contributed by atoms with Crippen molar-refractivity contribution in [1.29, 1.82) is 0 Å². The molecule has 0 amide bonds. The second-order valence-corrected chi connectivity index (χ2v) is 7.16. The fourth-order valence-electron chi connectivity index (χ4n) is 2.52. The van der Waals surface area contributed by atoms with Crippen LogP contribution in [0.5, 0.6) is 0 Å². The van der Waals surface area contributed by atoms with Crippen molar-refractivity contribution in [3.05, 3.63) is 65.2 Å². The number of nitrogens with two attached hydrogens (primary N) is 1. The summed E-state index contributed by atoms with van der Waals surface area (Å²) in [7, 11) is 0. The van der Waals surface area contributed by atoms with E-state index >= 15 is 0 Å². The molecule has 1 nitrogen and oxygen atoms in total. The summed E-state index contributed by atoms with van der Waals surface area (Å²) in [6.45, 7) is 6.66. The van der Waals surface area contributed by atoms with E-state index in [0.29, 0.717) is 5.92 Å². The first-order chi connectivity index (χ1) is 10.1. The van der Waals surface area contributed by atoms with Crippen molar-refractivity contribution < 1.29 is 0 Å². The lowest BCUT2D eigenvalue weighted by molar-refractivity contribution is 0.646. The summed E-state index contributed by atoms with van der Waals surface area (Å²) in [5, 5.41) is 0. The Morgan fingerprint density at radius 2 is 1.71 bits per heavy atom. The van der Waals surface area contributed by atoms with Crippen molar-refractivity contribution in [3.63, 3.8) is 0 Å². The average Bonchev–Trinajstić information content (AvgIpc) is 2.47. The molecule has 0 saturated heterocycles. The molecule has 0 spiro atoms. The van der Waals surface area contributed by atoms with Gasteiger partial charge in [0.1, 0.15) is 0 Å². The van der Waals surface area contributed by atoms with E-state index in [1.165, 1.54) is 21.6 Å². The van der Waals surface area contributed by atoms with Gasteiger partial charge in [0.25, 0.3) is 0 Å². The van der Waals surface area contributed by atoms with Crippen molar-refractivity contribution in [3.8, 4) is 0 Å². The van der Waals surface area contributed by atoms with Gasteiger partial charge in [-0.2, -0.15) is 0 Å². The van der Waals surface area contributed by atoms with Crippen LogP contribution in [0, 0.1) is 5.92 Å². The van der Waals surface area contributed by atoms with Gasteiger partial charge in [0.2, 0.25) is 0 Å². The lowest BCUT2D eigenvalue weighted by Crippen LogP contribution is -2.12. The third kappa shape index (κ3) is 4.62. The van der Waals surface area contributed by atoms with Gasteiger partial charge in [0, 0.05) is 4.90 Å². The highest BCUT2D eigenvalue weighted by molar-refractivity contribution is 7.99. The van der Waals surface area contributed by atoms with Crippen molar-refractivity contribution in [2.24, 2.45) is 11.7 Å². The number of benzene rings is 2. The molecule has 1 atom stereocenters. The summed E-state index contributed by atoms with van der Waals surface area (Å²) in [6.07, 6.45) is 1.10. The highest BCUT2D eigenvalue weighted by atomic mass is 32.2. The Morgan fingerprint density at radius 3 is 2.33 bits per heavy atom. The minimum Gasteiger partial charge on any atom is -0.320 e. The fourth-order valence-corrected chi connectivity index (χ4v) is 3.18. The lowest BCUT2D eigenvalue weighted by atomic mass is 9.95. The minimum absolute atomic E-state index is 0.0437. The van der Waals surface area contributed by atoms with Crippen LogP contribution in [0.1, 0.15) is 43.5 Å². The van der Waals surface area contributed by atoms with E-state index in [1.54, 1.807) is 0 Å². The van der Waals surface area contributed by atoms with Crippen molar-refractivity contribution in [2.45, 2.75) is 38.1 Å². The molecule has 2 aromatic carbocycles. The van der Waals surface area contributed by atoms with Gasteiger partial charge in [-0.05, 0) is 46.9 Å².